The van der Waals surface area contributed by atoms with Crippen molar-refractivity contribution < 1.29 is 22.4 Å². The highest BCUT2D eigenvalue weighted by atomic mass is 35.5. The van der Waals surface area contributed by atoms with Crippen molar-refractivity contribution in [3.8, 4) is 0 Å². The molecule has 0 bridgehead atoms. The van der Waals surface area contributed by atoms with E-state index in [1.807, 2.05) is 0 Å². The Morgan fingerprint density at radius 2 is 1.59 bits per heavy atom. The van der Waals surface area contributed by atoms with Gasteiger partial charge in [0.15, 0.2) is 0 Å². The molecule has 1 unspecified atom stereocenters. The Morgan fingerprint density at radius 1 is 0.865 bits per heavy atom. The van der Waals surface area contributed by atoms with Gasteiger partial charge in [-0.05, 0) is 53.6 Å². The Kier molecular flexibility index (Phi) is 7.71. The first kappa shape index (κ1) is 26.4. The highest BCUT2D eigenvalue weighted by molar-refractivity contribution is 6.31. The summed E-state index contributed by atoms with van der Waals surface area (Å²) in [6.07, 6.45) is -3.21. The lowest BCUT2D eigenvalue weighted by atomic mass is 9.80. The van der Waals surface area contributed by atoms with E-state index in [1.54, 1.807) is 36.4 Å². The van der Waals surface area contributed by atoms with Gasteiger partial charge in [0.05, 0.1) is 21.3 Å². The Hall–Kier alpha value is -3.62. The number of alkyl halides is 3. The molecule has 0 spiro atoms. The van der Waals surface area contributed by atoms with Gasteiger partial charge >= 0.3 is 12.2 Å². The second-order valence-corrected chi connectivity index (χ2v) is 9.06. The molecule has 3 aromatic carbocycles. The lowest BCUT2D eigenvalue weighted by Crippen LogP contribution is -2.50. The summed E-state index contributed by atoms with van der Waals surface area (Å²) in [4.78, 5) is 17.6. The van der Waals surface area contributed by atoms with Gasteiger partial charge in [0.1, 0.15) is 11.4 Å². The van der Waals surface area contributed by atoms with E-state index in [4.69, 9.17) is 23.2 Å². The van der Waals surface area contributed by atoms with Gasteiger partial charge in [0.25, 0.3) is 0 Å². The maximum absolute atomic E-state index is 13.7. The molecular weight excluding hydrogens is 529 g/mol. The number of rotatable bonds is 6. The van der Waals surface area contributed by atoms with Crippen LogP contribution < -0.4 is 10.6 Å². The molecule has 4 rings (SSSR count). The van der Waals surface area contributed by atoms with E-state index in [-0.39, 0.29) is 28.4 Å². The fourth-order valence-electron chi connectivity index (χ4n) is 3.94. The maximum atomic E-state index is 13.7. The van der Waals surface area contributed by atoms with Gasteiger partial charge < -0.3 is 10.6 Å². The van der Waals surface area contributed by atoms with Crippen LogP contribution in [0.2, 0.25) is 10.0 Å². The number of carbonyl (C=O) groups excluding carboxylic acids is 1. The summed E-state index contributed by atoms with van der Waals surface area (Å²) in [7, 11) is 0. The second-order valence-electron chi connectivity index (χ2n) is 8.22. The lowest BCUT2D eigenvalue weighted by Gasteiger charge is -2.36. The minimum atomic E-state index is -4.62. The van der Waals surface area contributed by atoms with Crippen molar-refractivity contribution in [3.63, 3.8) is 0 Å². The first-order valence-electron chi connectivity index (χ1n) is 10.9. The number of hydrogen-bond donors (Lipinski definition) is 2. The van der Waals surface area contributed by atoms with E-state index in [0.717, 1.165) is 23.8 Å². The molecule has 0 aliphatic carbocycles. The van der Waals surface area contributed by atoms with Crippen LogP contribution in [0.15, 0.2) is 91.1 Å². The normalized spacial score (nSPS) is 13.0. The van der Waals surface area contributed by atoms with Gasteiger partial charge in [0.2, 0.25) is 0 Å². The molecule has 0 fully saturated rings. The van der Waals surface area contributed by atoms with Crippen molar-refractivity contribution >= 4 is 34.9 Å². The average molecular weight is 548 g/mol. The van der Waals surface area contributed by atoms with Crippen LogP contribution in [0, 0.1) is 5.82 Å². The van der Waals surface area contributed by atoms with Crippen LogP contribution in [0.5, 0.6) is 0 Å². The summed E-state index contributed by atoms with van der Waals surface area (Å²) in [6.45, 7) is 0. The predicted octanol–water partition coefficient (Wildman–Crippen LogP) is 7.85. The molecule has 1 atom stereocenters. The van der Waals surface area contributed by atoms with Crippen LogP contribution in [0.3, 0.4) is 0 Å². The van der Waals surface area contributed by atoms with Gasteiger partial charge in [0, 0.05) is 18.3 Å². The zero-order valence-electron chi connectivity index (χ0n) is 19.0. The number of hydrogen-bond acceptors (Lipinski definition) is 2. The molecular formula is C27H19Cl2F4N3O. The van der Waals surface area contributed by atoms with E-state index < -0.39 is 29.1 Å². The van der Waals surface area contributed by atoms with Crippen LogP contribution in [-0.4, -0.2) is 11.0 Å². The number of amides is 2. The summed E-state index contributed by atoms with van der Waals surface area (Å²) in [5.74, 6) is -0.666. The summed E-state index contributed by atoms with van der Waals surface area (Å²) in [6, 6.07) is 19.6. The van der Waals surface area contributed by atoms with Crippen molar-refractivity contribution in [3.05, 3.63) is 129 Å². The van der Waals surface area contributed by atoms with Crippen LogP contribution in [0.25, 0.3) is 0 Å². The van der Waals surface area contributed by atoms with Crippen molar-refractivity contribution in [2.75, 3.05) is 5.32 Å². The monoisotopic (exact) mass is 547 g/mol. The molecule has 0 saturated carbocycles. The summed E-state index contributed by atoms with van der Waals surface area (Å²) >= 11 is 11.9. The number of carbonyl (C=O) groups is 1. The van der Waals surface area contributed by atoms with Crippen LogP contribution >= 0.6 is 23.2 Å². The molecule has 37 heavy (non-hydrogen) atoms. The molecule has 0 saturated heterocycles. The van der Waals surface area contributed by atoms with Gasteiger partial charge in [-0.2, -0.15) is 13.2 Å². The Bertz CT molecular complexity index is 1400. The predicted molar refractivity (Wildman–Crippen MR) is 135 cm³/mol. The van der Waals surface area contributed by atoms with E-state index >= 15 is 0 Å². The largest absolute Gasteiger partial charge is 0.416 e. The Balaban J connectivity index is 1.86. The van der Waals surface area contributed by atoms with Crippen molar-refractivity contribution in [2.24, 2.45) is 0 Å². The molecule has 2 N–H and O–H groups in total. The number of nitrogens with zero attached hydrogens (tertiary/aromatic N) is 1. The Labute approximate surface area is 220 Å². The molecule has 0 radical (unpaired) electrons. The van der Waals surface area contributed by atoms with Gasteiger partial charge in [-0.25, -0.2) is 9.18 Å². The van der Waals surface area contributed by atoms with E-state index in [9.17, 15) is 22.4 Å². The molecule has 4 nitrogen and oxygen atoms in total. The topological polar surface area (TPSA) is 54.0 Å². The quantitative estimate of drug-likeness (QED) is 0.241. The third-order valence-electron chi connectivity index (χ3n) is 5.66. The first-order valence-corrected chi connectivity index (χ1v) is 11.7. The smallest absolute Gasteiger partial charge is 0.322 e. The maximum Gasteiger partial charge on any atom is 0.416 e. The molecule has 190 valence electrons. The minimum absolute atomic E-state index is 0.0569. The SMILES string of the molecule is O=C(Nc1ccc(F)c(Cl)c1)NC(Cc1ccccc1)(c1cccc(C(F)(F)F)c1)c1ccc(Cl)cn1. The van der Waals surface area contributed by atoms with Gasteiger partial charge in [-0.15, -0.1) is 0 Å². The highest BCUT2D eigenvalue weighted by Crippen LogP contribution is 2.37. The fourth-order valence-corrected chi connectivity index (χ4v) is 4.23. The van der Waals surface area contributed by atoms with E-state index in [0.29, 0.717) is 5.02 Å². The van der Waals surface area contributed by atoms with Crippen molar-refractivity contribution in [1.82, 2.24) is 10.3 Å². The molecule has 10 heteroatoms. The van der Waals surface area contributed by atoms with Gasteiger partial charge in [-0.1, -0.05) is 65.7 Å². The van der Waals surface area contributed by atoms with Crippen LogP contribution in [-0.2, 0) is 18.1 Å². The number of aromatic nitrogens is 1. The molecule has 2 amide bonds. The summed E-state index contributed by atoms with van der Waals surface area (Å²) in [5, 5.41) is 5.51. The highest BCUT2D eigenvalue weighted by Gasteiger charge is 2.40. The average Bonchev–Trinajstić information content (AvgIpc) is 2.86. The number of halogens is 6. The summed E-state index contributed by atoms with van der Waals surface area (Å²) < 4.78 is 54.6. The zero-order chi connectivity index (χ0) is 26.6. The number of nitrogens with one attached hydrogen (secondary N) is 2. The second kappa shape index (κ2) is 10.8. The van der Waals surface area contributed by atoms with E-state index in [1.165, 1.54) is 36.5 Å². The third kappa shape index (κ3) is 6.21. The summed E-state index contributed by atoms with van der Waals surface area (Å²) in [5.41, 5.74) is -1.13. The number of urea groups is 1. The van der Waals surface area contributed by atoms with E-state index in [2.05, 4.69) is 15.6 Å². The molecule has 0 aliphatic rings. The number of pyridine rings is 1. The van der Waals surface area contributed by atoms with Crippen LogP contribution in [0.1, 0.15) is 22.4 Å². The molecule has 1 aromatic heterocycles. The molecule has 1 heterocycles. The first-order chi connectivity index (χ1) is 17.6. The third-order valence-corrected chi connectivity index (χ3v) is 6.18. The number of benzene rings is 3. The molecule has 4 aromatic rings. The zero-order valence-corrected chi connectivity index (χ0v) is 20.5. The van der Waals surface area contributed by atoms with Crippen molar-refractivity contribution in [1.29, 1.82) is 0 Å². The standard InChI is InChI=1S/C27H19Cl2F4N3O/c28-20-9-12-24(34-16-20)26(15-17-5-2-1-3-6-17,18-7-4-8-19(13-18)27(31,32)33)36-25(37)35-21-10-11-23(30)22(29)14-21/h1-14,16H,15H2,(H2,35,36,37). The lowest BCUT2D eigenvalue weighted by molar-refractivity contribution is -0.137. The van der Waals surface area contributed by atoms with Crippen LogP contribution in [0.4, 0.5) is 28.0 Å². The number of anilines is 1. The van der Waals surface area contributed by atoms with Crippen molar-refractivity contribution in [2.45, 2.75) is 18.1 Å². The Morgan fingerprint density at radius 3 is 2.24 bits per heavy atom. The van der Waals surface area contributed by atoms with Gasteiger partial charge in [-0.3, -0.25) is 4.98 Å². The molecule has 0 aliphatic heterocycles. The minimum Gasteiger partial charge on any atom is -0.322 e. The fraction of sp³-hybridized carbons (Fsp3) is 0.111.